The molecule has 2 aromatic rings. The second-order valence-electron chi connectivity index (χ2n) is 2.80. The third-order valence-electron chi connectivity index (χ3n) is 1.91. The van der Waals surface area contributed by atoms with Crippen LogP contribution in [-0.4, -0.2) is 27.1 Å². The topological polar surface area (TPSA) is 80.8 Å². The number of H-pyrrole nitrogens is 1. The van der Waals surface area contributed by atoms with Gasteiger partial charge >= 0.3 is 0 Å². The molecule has 1 N–H and O–H groups in total. The number of hydrogen-bond acceptors (Lipinski definition) is 5. The Bertz CT molecular complexity index is 441. The summed E-state index contributed by atoms with van der Waals surface area (Å²) in [5.41, 5.74) is 1.64. The maximum absolute atomic E-state index is 10.1. The summed E-state index contributed by atoms with van der Waals surface area (Å²) in [6.45, 7) is 0.612. The first-order chi connectivity index (χ1) is 7.42. The zero-order valence-electron chi connectivity index (χ0n) is 7.75. The van der Waals surface area contributed by atoms with Gasteiger partial charge in [-0.2, -0.15) is 5.21 Å². The van der Waals surface area contributed by atoms with E-state index in [2.05, 4.69) is 20.6 Å². The van der Waals surface area contributed by atoms with E-state index in [1.165, 1.54) is 0 Å². The highest BCUT2D eigenvalue weighted by atomic mass is 16.5. The molecule has 2 rings (SSSR count). The van der Waals surface area contributed by atoms with E-state index in [9.17, 15) is 4.79 Å². The van der Waals surface area contributed by atoms with Crippen LogP contribution in [0.2, 0.25) is 0 Å². The molecule has 0 saturated heterocycles. The Labute approximate surface area is 85.3 Å². The van der Waals surface area contributed by atoms with Crippen molar-refractivity contribution in [1.82, 2.24) is 20.6 Å². The predicted octanol–water partition coefficient (Wildman–Crippen LogP) is 0.540. The van der Waals surface area contributed by atoms with Crippen LogP contribution >= 0.6 is 0 Å². The van der Waals surface area contributed by atoms with Crippen LogP contribution in [0.25, 0.3) is 11.4 Å². The minimum absolute atomic E-state index is 0.203. The number of tetrazole rings is 1. The molecule has 1 aromatic carbocycles. The fourth-order valence-electron chi connectivity index (χ4n) is 1.26. The lowest BCUT2D eigenvalue weighted by atomic mass is 10.1. The molecule has 0 aliphatic carbocycles. The van der Waals surface area contributed by atoms with Gasteiger partial charge in [0.25, 0.3) is 6.47 Å². The lowest BCUT2D eigenvalue weighted by Gasteiger charge is -2.03. The molecule has 0 amide bonds. The van der Waals surface area contributed by atoms with Gasteiger partial charge in [-0.05, 0) is 5.21 Å². The second-order valence-corrected chi connectivity index (χ2v) is 2.80. The van der Waals surface area contributed by atoms with Crippen molar-refractivity contribution in [1.29, 1.82) is 0 Å². The monoisotopic (exact) mass is 204 g/mol. The van der Waals surface area contributed by atoms with Crippen LogP contribution in [0.4, 0.5) is 0 Å². The van der Waals surface area contributed by atoms with Crippen LogP contribution < -0.4 is 0 Å². The molecule has 6 nitrogen and oxygen atoms in total. The minimum Gasteiger partial charge on any atom is -0.463 e. The summed E-state index contributed by atoms with van der Waals surface area (Å²) in [5.74, 6) is 0.486. The number of benzene rings is 1. The summed E-state index contributed by atoms with van der Waals surface area (Å²) >= 11 is 0. The molecule has 76 valence electrons. The van der Waals surface area contributed by atoms with Gasteiger partial charge in [-0.1, -0.05) is 24.3 Å². The number of carbonyl (C=O) groups is 1. The standard InChI is InChI=1S/C9H8N4O2/c14-6-15-5-7-3-1-2-4-8(7)9-10-12-13-11-9/h1-4,6H,5H2,(H,10,11,12,13). The first-order valence-corrected chi connectivity index (χ1v) is 4.29. The van der Waals surface area contributed by atoms with E-state index >= 15 is 0 Å². The summed E-state index contributed by atoms with van der Waals surface area (Å²) in [5, 5.41) is 13.6. The fraction of sp³-hybridized carbons (Fsp3) is 0.111. The van der Waals surface area contributed by atoms with Gasteiger partial charge in [0.2, 0.25) is 5.82 Å². The summed E-state index contributed by atoms with van der Waals surface area (Å²) in [7, 11) is 0. The minimum atomic E-state index is 0.203. The van der Waals surface area contributed by atoms with Gasteiger partial charge in [0.15, 0.2) is 0 Å². The first kappa shape index (κ1) is 9.32. The molecule has 0 atom stereocenters. The third kappa shape index (κ3) is 1.98. The molecule has 0 spiro atoms. The van der Waals surface area contributed by atoms with Crippen LogP contribution in [0.15, 0.2) is 24.3 Å². The first-order valence-electron chi connectivity index (χ1n) is 4.29. The van der Waals surface area contributed by atoms with E-state index in [1.54, 1.807) is 0 Å². The van der Waals surface area contributed by atoms with Crippen molar-refractivity contribution < 1.29 is 9.53 Å². The summed E-state index contributed by atoms with van der Waals surface area (Å²) in [4.78, 5) is 10.1. The highest BCUT2D eigenvalue weighted by molar-refractivity contribution is 5.59. The quantitative estimate of drug-likeness (QED) is 0.735. The van der Waals surface area contributed by atoms with E-state index in [0.717, 1.165) is 11.1 Å². The molecule has 15 heavy (non-hydrogen) atoms. The average molecular weight is 204 g/mol. The highest BCUT2D eigenvalue weighted by Crippen LogP contribution is 2.19. The lowest BCUT2D eigenvalue weighted by molar-refractivity contribution is -0.129. The number of rotatable bonds is 4. The van der Waals surface area contributed by atoms with E-state index in [4.69, 9.17) is 4.74 Å². The molecule has 0 aliphatic heterocycles. The Morgan fingerprint density at radius 3 is 3.00 bits per heavy atom. The van der Waals surface area contributed by atoms with Crippen molar-refractivity contribution in [2.24, 2.45) is 0 Å². The average Bonchev–Trinajstić information content (AvgIpc) is 2.80. The molecule has 1 heterocycles. The molecule has 0 radical (unpaired) electrons. The van der Waals surface area contributed by atoms with Crippen LogP contribution in [0.5, 0.6) is 0 Å². The Morgan fingerprint density at radius 1 is 1.40 bits per heavy atom. The second kappa shape index (κ2) is 4.32. The smallest absolute Gasteiger partial charge is 0.293 e. The number of hydrogen-bond donors (Lipinski definition) is 1. The number of ether oxygens (including phenoxy) is 1. The molecule has 0 bridgehead atoms. The number of nitrogens with zero attached hydrogens (tertiary/aromatic N) is 3. The fourth-order valence-corrected chi connectivity index (χ4v) is 1.26. The number of aromatic nitrogens is 4. The van der Waals surface area contributed by atoms with Gasteiger partial charge in [-0.3, -0.25) is 4.79 Å². The van der Waals surface area contributed by atoms with Crippen LogP contribution in [0.1, 0.15) is 5.56 Å². The summed E-state index contributed by atoms with van der Waals surface area (Å²) < 4.78 is 4.69. The Morgan fingerprint density at radius 2 is 2.27 bits per heavy atom. The van der Waals surface area contributed by atoms with Gasteiger partial charge < -0.3 is 4.74 Å². The molecule has 0 fully saturated rings. The van der Waals surface area contributed by atoms with Crippen molar-refractivity contribution in [3.63, 3.8) is 0 Å². The molecular formula is C9H8N4O2. The number of aromatic amines is 1. The number of nitrogens with one attached hydrogen (secondary N) is 1. The molecule has 0 aliphatic rings. The van der Waals surface area contributed by atoms with Crippen molar-refractivity contribution in [2.45, 2.75) is 6.61 Å². The molecule has 0 unspecified atom stereocenters. The van der Waals surface area contributed by atoms with Crippen molar-refractivity contribution in [2.75, 3.05) is 0 Å². The van der Waals surface area contributed by atoms with Gasteiger partial charge in [0.05, 0.1) is 0 Å². The third-order valence-corrected chi connectivity index (χ3v) is 1.91. The van der Waals surface area contributed by atoms with Crippen LogP contribution in [-0.2, 0) is 16.1 Å². The molecule has 1 aromatic heterocycles. The zero-order valence-corrected chi connectivity index (χ0v) is 7.75. The van der Waals surface area contributed by atoms with Crippen LogP contribution in [0.3, 0.4) is 0 Å². The van der Waals surface area contributed by atoms with Gasteiger partial charge in [-0.15, -0.1) is 10.2 Å². The Hall–Kier alpha value is -2.24. The van der Waals surface area contributed by atoms with E-state index in [1.807, 2.05) is 24.3 Å². The van der Waals surface area contributed by atoms with Gasteiger partial charge in [-0.25, -0.2) is 0 Å². The van der Waals surface area contributed by atoms with E-state index in [0.29, 0.717) is 12.3 Å². The van der Waals surface area contributed by atoms with Crippen molar-refractivity contribution in [3.05, 3.63) is 29.8 Å². The normalized spacial score (nSPS) is 9.87. The van der Waals surface area contributed by atoms with E-state index in [-0.39, 0.29) is 6.61 Å². The lowest BCUT2D eigenvalue weighted by Crippen LogP contribution is -1.94. The molecule has 0 saturated carbocycles. The molecular weight excluding hydrogens is 196 g/mol. The van der Waals surface area contributed by atoms with Crippen molar-refractivity contribution in [3.8, 4) is 11.4 Å². The summed E-state index contributed by atoms with van der Waals surface area (Å²) in [6, 6.07) is 7.40. The molecule has 6 heteroatoms. The predicted molar refractivity (Wildman–Crippen MR) is 50.5 cm³/mol. The van der Waals surface area contributed by atoms with E-state index < -0.39 is 0 Å². The Kier molecular flexibility index (Phi) is 2.68. The van der Waals surface area contributed by atoms with Gasteiger partial charge in [0.1, 0.15) is 6.61 Å². The maximum atomic E-state index is 10.1. The highest BCUT2D eigenvalue weighted by Gasteiger charge is 2.08. The van der Waals surface area contributed by atoms with Crippen molar-refractivity contribution >= 4 is 6.47 Å². The maximum Gasteiger partial charge on any atom is 0.293 e. The zero-order chi connectivity index (χ0) is 10.5. The van der Waals surface area contributed by atoms with Crippen LogP contribution in [0, 0.1) is 0 Å². The number of carbonyl (C=O) groups excluding carboxylic acids is 1. The van der Waals surface area contributed by atoms with Gasteiger partial charge in [0, 0.05) is 11.1 Å². The Balaban J connectivity index is 2.34. The SMILES string of the molecule is O=COCc1ccccc1-c1nn[nH]n1. The largest absolute Gasteiger partial charge is 0.463 e. The summed E-state index contributed by atoms with van der Waals surface area (Å²) in [6.07, 6.45) is 0.